The molecule has 0 spiro atoms. The molecule has 0 saturated carbocycles. The predicted octanol–water partition coefficient (Wildman–Crippen LogP) is 9.76. The summed E-state index contributed by atoms with van der Waals surface area (Å²) in [5.74, 6) is 0. The van der Waals surface area contributed by atoms with Crippen LogP contribution in [-0.2, 0) is 29.2 Å². The topological polar surface area (TPSA) is 133 Å². The van der Waals surface area contributed by atoms with Gasteiger partial charge in [0.1, 0.15) is 12.5 Å². The van der Waals surface area contributed by atoms with Gasteiger partial charge in [-0.15, -0.1) is 0 Å². The van der Waals surface area contributed by atoms with Gasteiger partial charge >= 0.3 is 37.7 Å². The fourth-order valence-corrected chi connectivity index (χ4v) is 4.99. The second kappa shape index (κ2) is 36.6. The van der Waals surface area contributed by atoms with Crippen LogP contribution < -0.4 is 0 Å². The third-order valence-electron chi connectivity index (χ3n) is 6.99. The first-order chi connectivity index (χ1) is 20.1. The average molecular weight is 679 g/mol. The number of hydrogen-bond donors (Lipinski definition) is 0. The monoisotopic (exact) mass is 678 g/mol. The van der Waals surface area contributed by atoms with Crippen molar-refractivity contribution in [2.45, 2.75) is 181 Å². The quantitative estimate of drug-likeness (QED) is 0.0241. The number of hydrogen-bond acceptors (Lipinski definition) is 8. The van der Waals surface area contributed by atoms with E-state index < -0.39 is 20.8 Å². The molecule has 252 valence electrons. The molecule has 0 bridgehead atoms. The molecule has 0 unspecified atom stereocenters. The smallest absolute Gasteiger partial charge is 0.716 e. The maximum absolute atomic E-state index is 10.1. The summed E-state index contributed by atoms with van der Waals surface area (Å²) in [6.07, 6.45) is 37.7. The minimum absolute atomic E-state index is 0. The maximum Gasteiger partial charge on any atom is 2.00 e. The van der Waals surface area contributed by atoms with E-state index in [0.717, 1.165) is 51.0 Å². The van der Waals surface area contributed by atoms with Crippen LogP contribution in [0.3, 0.4) is 0 Å². The molecule has 0 aromatic rings. The van der Waals surface area contributed by atoms with Gasteiger partial charge in [0.05, 0.1) is 0 Å². The molecule has 0 aromatic carbocycles. The molecule has 0 aromatic heterocycles. The van der Waals surface area contributed by atoms with Crippen molar-refractivity contribution in [1.82, 2.24) is 0 Å². The van der Waals surface area contributed by atoms with E-state index in [4.69, 9.17) is 0 Å². The van der Waals surface area contributed by atoms with Crippen molar-refractivity contribution in [3.8, 4) is 0 Å². The van der Waals surface area contributed by atoms with Crippen molar-refractivity contribution < 1.29 is 34.3 Å². The van der Waals surface area contributed by atoms with Crippen LogP contribution in [0, 0.1) is 0 Å². The van der Waals surface area contributed by atoms with E-state index in [1.807, 2.05) is 0 Å². The van der Waals surface area contributed by atoms with E-state index >= 15 is 0 Å². The first-order valence-corrected chi connectivity index (χ1v) is 19.4. The molecular weight excluding hydrogens is 617 g/mol. The molecule has 0 aliphatic rings. The molecule has 0 atom stereocenters. The Hall–Kier alpha value is 0.160. The van der Waals surface area contributed by atoms with Gasteiger partial charge in [0.2, 0.25) is 0 Å². The van der Waals surface area contributed by atoms with Crippen molar-refractivity contribution in [3.63, 3.8) is 0 Å². The molecule has 43 heavy (non-hydrogen) atoms. The van der Waals surface area contributed by atoms with E-state index in [9.17, 15) is 25.9 Å². The number of rotatable bonds is 30. The molecule has 0 fully saturated rings. The first-order valence-electron chi connectivity index (χ1n) is 16.7. The van der Waals surface area contributed by atoms with Gasteiger partial charge in [-0.2, -0.15) is 0 Å². The Morgan fingerprint density at radius 3 is 0.837 bits per heavy atom. The summed E-state index contributed by atoms with van der Waals surface area (Å²) in [5, 5.41) is 0. The molecule has 0 aliphatic heterocycles. The number of unbranched alkanes of at least 4 members (excludes halogenated alkanes) is 24. The Balaban J connectivity index is -0.000000727. The molecule has 0 saturated heterocycles. The van der Waals surface area contributed by atoms with Crippen LogP contribution >= 0.6 is 0 Å². The van der Waals surface area contributed by atoms with Crippen LogP contribution in [-0.4, -0.2) is 63.7 Å². The largest absolute Gasteiger partial charge is 2.00 e. The second-order valence-corrected chi connectivity index (χ2v) is 13.1. The minimum atomic E-state index is -4.58. The normalized spacial score (nSPS) is 11.8. The first kappa shape index (κ1) is 47.6. The minimum Gasteiger partial charge on any atom is -0.716 e. The van der Waals surface area contributed by atoms with Crippen molar-refractivity contribution in [1.29, 1.82) is 0 Å². The fourth-order valence-electron chi connectivity index (χ4n) is 4.56. The van der Waals surface area contributed by atoms with Crippen LogP contribution in [0.2, 0.25) is 0 Å². The molecule has 8 nitrogen and oxygen atoms in total. The summed E-state index contributed by atoms with van der Waals surface area (Å²) < 4.78 is 68.8. The number of allylic oxidation sites excluding steroid dienone is 2. The van der Waals surface area contributed by atoms with Crippen LogP contribution in [0.4, 0.5) is 0 Å². The summed E-state index contributed by atoms with van der Waals surface area (Å²) in [5.41, 5.74) is 0. The molecule has 0 N–H and O–H groups in total. The Morgan fingerprint density at radius 1 is 0.419 bits per heavy atom. The van der Waals surface area contributed by atoms with Gasteiger partial charge in [-0.05, 0) is 37.8 Å². The van der Waals surface area contributed by atoms with Crippen molar-refractivity contribution in [2.24, 2.45) is 0 Å². The van der Waals surface area contributed by atoms with E-state index in [-0.39, 0.29) is 37.7 Å². The summed E-state index contributed by atoms with van der Waals surface area (Å²) in [6, 6.07) is 0. The zero-order chi connectivity index (χ0) is 31.6. The SMILES string of the molecule is CCCCCCCCCCCCCC/C=C/OS(=O)(=O)[O-].CCCCCCCCCCCCCC/C=C/OS(=O)(=O)[O-].[Ca+2]. The third-order valence-corrected chi connectivity index (χ3v) is 7.68. The van der Waals surface area contributed by atoms with E-state index in [2.05, 4.69) is 22.2 Å². The molecular formula is C32H62CaO8S2. The van der Waals surface area contributed by atoms with Gasteiger partial charge in [-0.3, -0.25) is 0 Å². The van der Waals surface area contributed by atoms with Crippen LogP contribution in [0.1, 0.15) is 181 Å². The predicted molar refractivity (Wildman–Crippen MR) is 177 cm³/mol. The fraction of sp³-hybridized carbons (Fsp3) is 0.875. The van der Waals surface area contributed by atoms with E-state index in [1.54, 1.807) is 12.2 Å². The molecule has 0 amide bonds. The van der Waals surface area contributed by atoms with Gasteiger partial charge in [-0.1, -0.05) is 155 Å². The summed E-state index contributed by atoms with van der Waals surface area (Å²) in [7, 11) is -9.16. The molecule has 0 rings (SSSR count). The Bertz CT molecular complexity index is 747. The third kappa shape index (κ3) is 52.0. The zero-order valence-corrected chi connectivity index (χ0v) is 31.3. The summed E-state index contributed by atoms with van der Waals surface area (Å²) in [4.78, 5) is 0. The average Bonchev–Trinajstić information content (AvgIpc) is 2.92. The Kier molecular flexibility index (Phi) is 40.5. The maximum atomic E-state index is 10.1. The van der Waals surface area contributed by atoms with Gasteiger partial charge in [0.15, 0.2) is 0 Å². The van der Waals surface area contributed by atoms with Gasteiger partial charge < -0.3 is 17.5 Å². The standard InChI is InChI=1S/2C16H32O4S.Ca/c2*1-2-3-4-5-6-7-8-9-10-11-12-13-14-15-16-20-21(17,18)19;/h2*15-16H,2-14H2,1H3,(H,17,18,19);/q;;+2/p-2/b2*16-15+;. The molecule has 0 radical (unpaired) electrons. The van der Waals surface area contributed by atoms with Crippen LogP contribution in [0.15, 0.2) is 24.7 Å². The van der Waals surface area contributed by atoms with Crippen molar-refractivity contribution in [3.05, 3.63) is 24.7 Å². The van der Waals surface area contributed by atoms with Crippen LogP contribution in [0.25, 0.3) is 0 Å². The summed E-state index contributed by atoms with van der Waals surface area (Å²) in [6.45, 7) is 4.49. The van der Waals surface area contributed by atoms with E-state index in [1.165, 1.54) is 128 Å². The van der Waals surface area contributed by atoms with Gasteiger partial charge in [0, 0.05) is 0 Å². The molecule has 11 heteroatoms. The molecule has 0 heterocycles. The van der Waals surface area contributed by atoms with Crippen LogP contribution in [0.5, 0.6) is 0 Å². The Labute approximate surface area is 296 Å². The summed E-state index contributed by atoms with van der Waals surface area (Å²) >= 11 is 0. The zero-order valence-electron chi connectivity index (χ0n) is 27.5. The van der Waals surface area contributed by atoms with Gasteiger partial charge in [-0.25, -0.2) is 16.8 Å². The van der Waals surface area contributed by atoms with Crippen molar-refractivity contribution >= 4 is 58.5 Å². The second-order valence-electron chi connectivity index (χ2n) is 11.1. The van der Waals surface area contributed by atoms with Gasteiger partial charge in [0.25, 0.3) is 20.8 Å². The van der Waals surface area contributed by atoms with Crippen molar-refractivity contribution in [2.75, 3.05) is 0 Å². The Morgan fingerprint density at radius 2 is 0.628 bits per heavy atom. The molecule has 0 aliphatic carbocycles. The van der Waals surface area contributed by atoms with E-state index in [0.29, 0.717) is 0 Å².